The van der Waals surface area contributed by atoms with Crippen LogP contribution < -0.4 is 10.1 Å². The van der Waals surface area contributed by atoms with Crippen LogP contribution in [0.25, 0.3) is 10.6 Å². The first-order valence-electron chi connectivity index (χ1n) is 8.49. The Labute approximate surface area is 169 Å². The van der Waals surface area contributed by atoms with Gasteiger partial charge in [0.25, 0.3) is 5.91 Å². The van der Waals surface area contributed by atoms with Crippen molar-refractivity contribution < 1.29 is 23.1 Å². The standard InChI is InChI=1S/C20H17F2N3O3S/c1-23-19(26)18(25-27-2)13-7-4-3-6-12(13)10-28-16-11-29-20(24-16)17-14(21)8-5-9-15(17)22/h3-9,11H,10H2,1-2H3,(H,23,26). The molecular formula is C20H17F2N3O3S. The van der Waals surface area contributed by atoms with Crippen LogP contribution in [-0.4, -0.2) is 30.8 Å². The Hall–Kier alpha value is -3.33. The van der Waals surface area contributed by atoms with E-state index in [4.69, 9.17) is 9.57 Å². The molecule has 0 aliphatic heterocycles. The van der Waals surface area contributed by atoms with E-state index in [-0.39, 0.29) is 28.8 Å². The van der Waals surface area contributed by atoms with Crippen LogP contribution >= 0.6 is 11.3 Å². The zero-order valence-electron chi connectivity index (χ0n) is 15.6. The summed E-state index contributed by atoms with van der Waals surface area (Å²) < 4.78 is 33.6. The number of hydrogen-bond acceptors (Lipinski definition) is 6. The molecule has 6 nitrogen and oxygen atoms in total. The van der Waals surface area contributed by atoms with Crippen molar-refractivity contribution >= 4 is 23.0 Å². The Kier molecular flexibility index (Phi) is 6.50. The minimum atomic E-state index is -0.692. The van der Waals surface area contributed by atoms with Gasteiger partial charge < -0.3 is 14.9 Å². The number of aromatic nitrogens is 1. The predicted molar refractivity (Wildman–Crippen MR) is 106 cm³/mol. The molecule has 0 atom stereocenters. The smallest absolute Gasteiger partial charge is 0.273 e. The summed E-state index contributed by atoms with van der Waals surface area (Å²) >= 11 is 1.07. The monoisotopic (exact) mass is 417 g/mol. The molecule has 0 spiro atoms. The van der Waals surface area contributed by atoms with E-state index in [1.807, 2.05) is 0 Å². The fraction of sp³-hybridized carbons (Fsp3) is 0.150. The summed E-state index contributed by atoms with van der Waals surface area (Å²) in [5.41, 5.74) is 1.10. The van der Waals surface area contributed by atoms with E-state index in [0.29, 0.717) is 11.1 Å². The van der Waals surface area contributed by atoms with Crippen LogP contribution in [-0.2, 0) is 16.2 Å². The molecule has 0 saturated carbocycles. The summed E-state index contributed by atoms with van der Waals surface area (Å²) in [5, 5.41) is 8.04. The maximum atomic E-state index is 13.9. The van der Waals surface area contributed by atoms with Gasteiger partial charge in [-0.25, -0.2) is 13.8 Å². The lowest BCUT2D eigenvalue weighted by Gasteiger charge is -2.11. The van der Waals surface area contributed by atoms with Gasteiger partial charge in [0.05, 0.1) is 10.9 Å². The SMILES string of the molecule is CNC(=O)C(=NOC)c1ccccc1COc1csc(-c2c(F)cccc2F)n1. The highest BCUT2D eigenvalue weighted by atomic mass is 32.1. The van der Waals surface area contributed by atoms with Crippen LogP contribution in [0.15, 0.2) is 53.0 Å². The quantitative estimate of drug-likeness (QED) is 0.469. The molecule has 3 rings (SSSR count). The van der Waals surface area contributed by atoms with Gasteiger partial charge in [0, 0.05) is 12.6 Å². The zero-order chi connectivity index (χ0) is 20.8. The van der Waals surface area contributed by atoms with Gasteiger partial charge in [0.2, 0.25) is 5.88 Å². The van der Waals surface area contributed by atoms with Crippen molar-refractivity contribution in [3.05, 3.63) is 70.6 Å². The molecule has 0 fully saturated rings. The van der Waals surface area contributed by atoms with Crippen LogP contribution in [0.4, 0.5) is 8.78 Å². The van der Waals surface area contributed by atoms with E-state index in [2.05, 4.69) is 15.5 Å². The van der Waals surface area contributed by atoms with Gasteiger partial charge in [-0.3, -0.25) is 4.79 Å². The third-order valence-electron chi connectivity index (χ3n) is 3.93. The lowest BCUT2D eigenvalue weighted by molar-refractivity contribution is -0.114. The molecular weight excluding hydrogens is 400 g/mol. The number of likely N-dealkylation sites (N-methyl/N-ethyl adjacent to an activating group) is 1. The number of benzene rings is 2. The second-order valence-corrected chi connectivity index (χ2v) is 6.59. The van der Waals surface area contributed by atoms with Crippen molar-refractivity contribution in [3.8, 4) is 16.5 Å². The van der Waals surface area contributed by atoms with E-state index in [0.717, 1.165) is 11.3 Å². The molecule has 0 unspecified atom stereocenters. The number of carbonyl (C=O) groups is 1. The van der Waals surface area contributed by atoms with Crippen molar-refractivity contribution in [2.45, 2.75) is 6.61 Å². The maximum Gasteiger partial charge on any atom is 0.273 e. The van der Waals surface area contributed by atoms with Gasteiger partial charge in [0.15, 0.2) is 5.71 Å². The minimum Gasteiger partial charge on any atom is -0.472 e. The zero-order valence-corrected chi connectivity index (χ0v) is 16.4. The first-order chi connectivity index (χ1) is 14.0. The first-order valence-corrected chi connectivity index (χ1v) is 9.37. The normalized spacial score (nSPS) is 11.2. The summed E-state index contributed by atoms with van der Waals surface area (Å²) in [6, 6.07) is 10.7. The van der Waals surface area contributed by atoms with Crippen LogP contribution in [0.1, 0.15) is 11.1 Å². The Bertz CT molecular complexity index is 1030. The summed E-state index contributed by atoms with van der Waals surface area (Å²) in [6.45, 7) is 0.0683. The molecule has 29 heavy (non-hydrogen) atoms. The summed E-state index contributed by atoms with van der Waals surface area (Å²) in [6.07, 6.45) is 0. The third kappa shape index (κ3) is 4.57. The first kappa shape index (κ1) is 20.4. The third-order valence-corrected chi connectivity index (χ3v) is 4.77. The number of ether oxygens (including phenoxy) is 1. The molecule has 9 heteroatoms. The maximum absolute atomic E-state index is 13.9. The molecule has 1 amide bonds. The van der Waals surface area contributed by atoms with Crippen LogP contribution in [0.5, 0.6) is 5.88 Å². The van der Waals surface area contributed by atoms with Crippen molar-refractivity contribution in [1.82, 2.24) is 10.3 Å². The van der Waals surface area contributed by atoms with Crippen molar-refractivity contribution in [1.29, 1.82) is 0 Å². The Morgan fingerprint density at radius 3 is 2.59 bits per heavy atom. The number of carbonyl (C=O) groups excluding carboxylic acids is 1. The molecule has 0 aliphatic carbocycles. The van der Waals surface area contributed by atoms with Crippen molar-refractivity contribution in [2.24, 2.45) is 5.16 Å². The lowest BCUT2D eigenvalue weighted by Crippen LogP contribution is -2.29. The number of hydrogen-bond donors (Lipinski definition) is 1. The highest BCUT2D eigenvalue weighted by Crippen LogP contribution is 2.31. The Morgan fingerprint density at radius 1 is 1.17 bits per heavy atom. The van der Waals surface area contributed by atoms with E-state index in [9.17, 15) is 13.6 Å². The minimum absolute atomic E-state index is 0.0683. The summed E-state index contributed by atoms with van der Waals surface area (Å²) in [4.78, 5) is 21.0. The largest absolute Gasteiger partial charge is 0.472 e. The van der Waals surface area contributed by atoms with Crippen LogP contribution in [0.3, 0.4) is 0 Å². The number of amides is 1. The molecule has 0 aliphatic rings. The second kappa shape index (κ2) is 9.24. The molecule has 0 bridgehead atoms. The van der Waals surface area contributed by atoms with Gasteiger partial charge in [-0.05, 0) is 17.7 Å². The number of nitrogens with zero attached hydrogens (tertiary/aromatic N) is 2. The number of nitrogens with one attached hydrogen (secondary N) is 1. The predicted octanol–water partition coefficient (Wildman–Crippen LogP) is 3.76. The lowest BCUT2D eigenvalue weighted by atomic mass is 10.0. The summed E-state index contributed by atoms with van der Waals surface area (Å²) in [7, 11) is 2.84. The molecule has 2 aromatic carbocycles. The summed E-state index contributed by atoms with van der Waals surface area (Å²) in [5.74, 6) is -1.58. The van der Waals surface area contributed by atoms with Crippen LogP contribution in [0.2, 0.25) is 0 Å². The molecule has 0 radical (unpaired) electrons. The van der Waals surface area contributed by atoms with Gasteiger partial charge >= 0.3 is 0 Å². The van der Waals surface area contributed by atoms with Gasteiger partial charge in [0.1, 0.15) is 30.4 Å². The fourth-order valence-corrected chi connectivity index (χ4v) is 3.38. The molecule has 1 aromatic heterocycles. The van der Waals surface area contributed by atoms with E-state index in [1.54, 1.807) is 29.6 Å². The molecule has 0 saturated heterocycles. The van der Waals surface area contributed by atoms with Crippen molar-refractivity contribution in [2.75, 3.05) is 14.2 Å². The number of rotatable bonds is 7. The molecule has 150 valence electrons. The van der Waals surface area contributed by atoms with Crippen LogP contribution in [0, 0.1) is 11.6 Å². The van der Waals surface area contributed by atoms with E-state index < -0.39 is 17.5 Å². The van der Waals surface area contributed by atoms with Gasteiger partial charge in [-0.2, -0.15) is 0 Å². The van der Waals surface area contributed by atoms with Crippen molar-refractivity contribution in [3.63, 3.8) is 0 Å². The number of halogens is 2. The molecule has 1 heterocycles. The highest BCUT2D eigenvalue weighted by molar-refractivity contribution is 7.13. The molecule has 3 aromatic rings. The Balaban J connectivity index is 1.83. The fourth-order valence-electron chi connectivity index (χ4n) is 2.59. The Morgan fingerprint density at radius 2 is 1.90 bits per heavy atom. The average Bonchev–Trinajstić information content (AvgIpc) is 3.18. The highest BCUT2D eigenvalue weighted by Gasteiger charge is 2.19. The topological polar surface area (TPSA) is 72.8 Å². The molecule has 1 N–H and O–H groups in total. The average molecular weight is 417 g/mol. The number of thiazole rings is 1. The van der Waals surface area contributed by atoms with Gasteiger partial charge in [-0.15, -0.1) is 11.3 Å². The van der Waals surface area contributed by atoms with E-state index in [1.165, 1.54) is 32.4 Å². The second-order valence-electron chi connectivity index (χ2n) is 5.73. The van der Waals surface area contributed by atoms with Gasteiger partial charge in [-0.1, -0.05) is 35.5 Å². The number of oxime groups is 1. The van der Waals surface area contributed by atoms with E-state index >= 15 is 0 Å².